The number of fused-ring (bicyclic) bond motifs is 2. The molecule has 0 saturated carbocycles. The zero-order valence-corrected chi connectivity index (χ0v) is 19.4. The average Bonchev–Trinajstić information content (AvgIpc) is 2.89. The highest BCUT2D eigenvalue weighted by Crippen LogP contribution is 2.55. The van der Waals surface area contributed by atoms with Crippen molar-refractivity contribution in [1.82, 2.24) is 0 Å². The highest BCUT2D eigenvalue weighted by atomic mass is 15.3. The van der Waals surface area contributed by atoms with Crippen LogP contribution in [0.4, 0.5) is 34.1 Å². The van der Waals surface area contributed by atoms with Gasteiger partial charge in [-0.3, -0.25) is 0 Å². The molecule has 0 radical (unpaired) electrons. The molecule has 0 fully saturated rings. The van der Waals surface area contributed by atoms with Crippen molar-refractivity contribution in [3.8, 4) is 11.1 Å². The number of para-hydroxylation sites is 4. The maximum absolute atomic E-state index is 2.42. The molecule has 1 aliphatic heterocycles. The first-order valence-corrected chi connectivity index (χ1v) is 11.7. The van der Waals surface area contributed by atoms with E-state index in [-0.39, 0.29) is 0 Å². The molecule has 0 unspecified atom stereocenters. The molecule has 0 N–H and O–H groups in total. The minimum absolute atomic E-state index is 1.16. The molecule has 0 bridgehead atoms. The molecule has 0 saturated heterocycles. The fraction of sp³-hybridized carbons (Fsp3) is 0.0625. The Morgan fingerprint density at radius 3 is 1.62 bits per heavy atom. The Balaban J connectivity index is 1.55. The minimum Gasteiger partial charge on any atom is -0.306 e. The Kier molecular flexibility index (Phi) is 4.92. The summed E-state index contributed by atoms with van der Waals surface area (Å²) in [6.07, 6.45) is 0. The molecule has 2 nitrogen and oxygen atoms in total. The molecule has 1 aliphatic rings. The third kappa shape index (κ3) is 3.27. The van der Waals surface area contributed by atoms with Crippen LogP contribution in [0.25, 0.3) is 11.1 Å². The Hall–Kier alpha value is -4.30. The number of anilines is 6. The van der Waals surface area contributed by atoms with E-state index in [4.69, 9.17) is 0 Å². The van der Waals surface area contributed by atoms with Crippen molar-refractivity contribution in [3.05, 3.63) is 132 Å². The lowest BCUT2D eigenvalue weighted by atomic mass is 10.00. The highest BCUT2D eigenvalue weighted by Gasteiger charge is 2.31. The normalized spacial score (nSPS) is 12.3. The molecule has 5 aromatic carbocycles. The average molecular weight is 439 g/mol. The van der Waals surface area contributed by atoms with Crippen molar-refractivity contribution >= 4 is 34.1 Å². The summed E-state index contributed by atoms with van der Waals surface area (Å²) < 4.78 is 0. The summed E-state index contributed by atoms with van der Waals surface area (Å²) in [6, 6.07) is 43.4. The standard InChI is InChI=1S/C32H26N2/c1-23-11-6-7-15-28(23)34-30-17-9-8-16-29(30)33(31-18-10-12-24(2)32(31)34)27-21-19-26(20-22-27)25-13-4-3-5-14-25/h3-22H,1-2H3. The summed E-state index contributed by atoms with van der Waals surface area (Å²) in [5.41, 5.74) is 12.1. The van der Waals surface area contributed by atoms with E-state index in [1.54, 1.807) is 0 Å². The van der Waals surface area contributed by atoms with Crippen LogP contribution in [0.1, 0.15) is 11.1 Å². The first kappa shape index (κ1) is 20.3. The van der Waals surface area contributed by atoms with E-state index in [1.165, 1.54) is 50.7 Å². The van der Waals surface area contributed by atoms with E-state index in [1.807, 2.05) is 0 Å². The molecule has 6 rings (SSSR count). The molecule has 2 heteroatoms. The van der Waals surface area contributed by atoms with Gasteiger partial charge in [-0.15, -0.1) is 0 Å². The summed E-state index contributed by atoms with van der Waals surface area (Å²) in [4.78, 5) is 4.81. The second-order valence-corrected chi connectivity index (χ2v) is 8.80. The van der Waals surface area contributed by atoms with Crippen LogP contribution in [0, 0.1) is 13.8 Å². The molecule has 164 valence electrons. The van der Waals surface area contributed by atoms with E-state index >= 15 is 0 Å². The quantitative estimate of drug-likeness (QED) is 0.272. The zero-order valence-electron chi connectivity index (χ0n) is 19.4. The largest absolute Gasteiger partial charge is 0.306 e. The van der Waals surface area contributed by atoms with E-state index in [0.29, 0.717) is 0 Å². The van der Waals surface area contributed by atoms with Crippen molar-refractivity contribution in [2.45, 2.75) is 13.8 Å². The van der Waals surface area contributed by atoms with Crippen LogP contribution in [-0.2, 0) is 0 Å². The van der Waals surface area contributed by atoms with E-state index in [9.17, 15) is 0 Å². The minimum atomic E-state index is 1.16. The van der Waals surface area contributed by atoms with Crippen molar-refractivity contribution in [3.63, 3.8) is 0 Å². The third-order valence-corrected chi connectivity index (χ3v) is 6.63. The lowest BCUT2D eigenvalue weighted by molar-refractivity contribution is 1.14. The second-order valence-electron chi connectivity index (χ2n) is 8.80. The zero-order chi connectivity index (χ0) is 23.1. The molecule has 5 aromatic rings. The van der Waals surface area contributed by atoms with E-state index in [0.717, 1.165) is 5.69 Å². The second kappa shape index (κ2) is 8.24. The van der Waals surface area contributed by atoms with Gasteiger partial charge in [-0.25, -0.2) is 0 Å². The molecular weight excluding hydrogens is 412 g/mol. The maximum Gasteiger partial charge on any atom is 0.0732 e. The molecule has 34 heavy (non-hydrogen) atoms. The Morgan fingerprint density at radius 1 is 0.382 bits per heavy atom. The van der Waals surface area contributed by atoms with Crippen LogP contribution in [-0.4, -0.2) is 0 Å². The molecule has 1 heterocycles. The Morgan fingerprint density at radius 2 is 0.912 bits per heavy atom. The predicted molar refractivity (Wildman–Crippen MR) is 144 cm³/mol. The maximum atomic E-state index is 2.42. The summed E-state index contributed by atoms with van der Waals surface area (Å²) >= 11 is 0. The number of rotatable bonds is 3. The van der Waals surface area contributed by atoms with Gasteiger partial charge in [0, 0.05) is 11.4 Å². The Labute approximate surface area is 201 Å². The SMILES string of the molecule is Cc1ccccc1N1c2ccccc2N(c2ccc(-c3ccccc3)cc2)c2cccc(C)c21. The van der Waals surface area contributed by atoms with E-state index < -0.39 is 0 Å². The summed E-state index contributed by atoms with van der Waals surface area (Å²) in [5, 5.41) is 0. The highest BCUT2D eigenvalue weighted by molar-refractivity contribution is 6.02. The van der Waals surface area contributed by atoms with Crippen LogP contribution < -0.4 is 9.80 Å². The summed E-state index contributed by atoms with van der Waals surface area (Å²) in [6.45, 7) is 4.39. The lowest BCUT2D eigenvalue weighted by Gasteiger charge is -2.41. The monoisotopic (exact) mass is 438 g/mol. The van der Waals surface area contributed by atoms with Crippen LogP contribution in [0.2, 0.25) is 0 Å². The van der Waals surface area contributed by atoms with Crippen molar-refractivity contribution in [1.29, 1.82) is 0 Å². The molecule has 0 aromatic heterocycles. The van der Waals surface area contributed by atoms with Gasteiger partial charge in [0.1, 0.15) is 0 Å². The van der Waals surface area contributed by atoms with Gasteiger partial charge in [0.05, 0.1) is 22.7 Å². The first-order chi connectivity index (χ1) is 16.7. The lowest BCUT2D eigenvalue weighted by Crippen LogP contribution is -2.25. The van der Waals surface area contributed by atoms with Crippen LogP contribution in [0.3, 0.4) is 0 Å². The van der Waals surface area contributed by atoms with Crippen LogP contribution >= 0.6 is 0 Å². The van der Waals surface area contributed by atoms with Gasteiger partial charge in [-0.1, -0.05) is 84.9 Å². The fourth-order valence-corrected chi connectivity index (χ4v) is 4.98. The van der Waals surface area contributed by atoms with Gasteiger partial charge in [-0.2, -0.15) is 0 Å². The van der Waals surface area contributed by atoms with Gasteiger partial charge in [0.15, 0.2) is 0 Å². The smallest absolute Gasteiger partial charge is 0.0732 e. The van der Waals surface area contributed by atoms with Gasteiger partial charge in [0.25, 0.3) is 0 Å². The molecule has 0 spiro atoms. The number of hydrogen-bond acceptors (Lipinski definition) is 2. The van der Waals surface area contributed by atoms with Crippen molar-refractivity contribution < 1.29 is 0 Å². The number of benzene rings is 5. The first-order valence-electron chi connectivity index (χ1n) is 11.7. The van der Waals surface area contributed by atoms with Crippen molar-refractivity contribution in [2.75, 3.05) is 9.80 Å². The number of nitrogens with zero attached hydrogens (tertiary/aromatic N) is 2. The van der Waals surface area contributed by atoms with Crippen LogP contribution in [0.15, 0.2) is 121 Å². The van der Waals surface area contributed by atoms with Gasteiger partial charge in [0.2, 0.25) is 0 Å². The topological polar surface area (TPSA) is 6.48 Å². The van der Waals surface area contributed by atoms with Gasteiger partial charge >= 0.3 is 0 Å². The third-order valence-electron chi connectivity index (χ3n) is 6.63. The van der Waals surface area contributed by atoms with Crippen molar-refractivity contribution in [2.24, 2.45) is 0 Å². The number of hydrogen-bond donors (Lipinski definition) is 0. The van der Waals surface area contributed by atoms with Gasteiger partial charge < -0.3 is 9.80 Å². The molecular formula is C32H26N2. The summed E-state index contributed by atoms with van der Waals surface area (Å²) in [7, 11) is 0. The molecule has 0 amide bonds. The van der Waals surface area contributed by atoms with Crippen LogP contribution in [0.5, 0.6) is 0 Å². The molecule has 0 atom stereocenters. The summed E-state index contributed by atoms with van der Waals surface area (Å²) in [5.74, 6) is 0. The predicted octanol–water partition coefficient (Wildman–Crippen LogP) is 9.22. The fourth-order valence-electron chi connectivity index (χ4n) is 4.98. The number of aryl methyl sites for hydroxylation is 2. The van der Waals surface area contributed by atoms with E-state index in [2.05, 4.69) is 145 Å². The molecule has 0 aliphatic carbocycles. The Bertz CT molecular complexity index is 1470. The van der Waals surface area contributed by atoms with Gasteiger partial charge in [-0.05, 0) is 72.5 Å².